The van der Waals surface area contributed by atoms with Crippen molar-refractivity contribution in [1.82, 2.24) is 4.98 Å². The quantitative estimate of drug-likeness (QED) is 0.333. The Balaban J connectivity index is 2.04. The van der Waals surface area contributed by atoms with Gasteiger partial charge in [0.1, 0.15) is 10.4 Å². The summed E-state index contributed by atoms with van der Waals surface area (Å²) in [5.41, 5.74) is 1.50. The zero-order valence-corrected chi connectivity index (χ0v) is 15.8. The molecule has 4 nitrogen and oxygen atoms in total. The van der Waals surface area contributed by atoms with Gasteiger partial charge in [-0.15, -0.1) is 11.3 Å². The molecular formula is C18H15BrFNO3S. The lowest BCUT2D eigenvalue weighted by Crippen LogP contribution is -2.09. The Kier molecular flexibility index (Phi) is 5.34. The third kappa shape index (κ3) is 3.52. The van der Waals surface area contributed by atoms with Gasteiger partial charge in [0.05, 0.1) is 11.3 Å². The summed E-state index contributed by atoms with van der Waals surface area (Å²) in [6.07, 6.45) is 1.66. The number of aromatic nitrogens is 1. The minimum Gasteiger partial charge on any atom is -0.504 e. The number of thiophene rings is 1. The van der Waals surface area contributed by atoms with Gasteiger partial charge in [0.15, 0.2) is 11.4 Å². The van der Waals surface area contributed by atoms with Crippen molar-refractivity contribution in [1.29, 1.82) is 0 Å². The standard InChI is InChI=1S/C18H15BrFNO3S/c1-2-3-8-24-18(23)14-15(22)16-13(17(19)21-14)12(9-25-16)10-4-6-11(20)7-5-10/h4-7,9,22H,2-3,8H2,1H3. The molecule has 0 radical (unpaired) electrons. The Bertz CT molecular complexity index is 924. The molecule has 25 heavy (non-hydrogen) atoms. The molecule has 1 N–H and O–H groups in total. The van der Waals surface area contributed by atoms with Crippen LogP contribution in [0.3, 0.4) is 0 Å². The first kappa shape index (κ1) is 17.8. The van der Waals surface area contributed by atoms with Gasteiger partial charge in [0.2, 0.25) is 0 Å². The minimum absolute atomic E-state index is 0.108. The molecule has 0 atom stereocenters. The Labute approximate surface area is 156 Å². The highest BCUT2D eigenvalue weighted by Gasteiger charge is 2.23. The van der Waals surface area contributed by atoms with Crippen LogP contribution in [0, 0.1) is 5.82 Å². The van der Waals surface area contributed by atoms with E-state index in [1.807, 2.05) is 12.3 Å². The van der Waals surface area contributed by atoms with Crippen LogP contribution in [-0.2, 0) is 4.74 Å². The summed E-state index contributed by atoms with van der Waals surface area (Å²) in [4.78, 5) is 16.3. The van der Waals surface area contributed by atoms with E-state index in [4.69, 9.17) is 4.74 Å². The summed E-state index contributed by atoms with van der Waals surface area (Å²) in [6, 6.07) is 6.07. The highest BCUT2D eigenvalue weighted by Crippen LogP contribution is 2.43. The van der Waals surface area contributed by atoms with E-state index in [0.717, 1.165) is 24.0 Å². The van der Waals surface area contributed by atoms with Gasteiger partial charge in [0, 0.05) is 16.3 Å². The van der Waals surface area contributed by atoms with Crippen molar-refractivity contribution in [3.8, 4) is 16.9 Å². The zero-order valence-electron chi connectivity index (χ0n) is 13.4. The fourth-order valence-corrected chi connectivity index (χ4v) is 4.16. The van der Waals surface area contributed by atoms with E-state index in [1.54, 1.807) is 12.1 Å². The molecular weight excluding hydrogens is 409 g/mol. The number of pyridine rings is 1. The van der Waals surface area contributed by atoms with E-state index >= 15 is 0 Å². The van der Waals surface area contributed by atoms with E-state index in [1.165, 1.54) is 23.5 Å². The van der Waals surface area contributed by atoms with E-state index in [-0.39, 0.29) is 23.9 Å². The Morgan fingerprint density at radius 1 is 1.36 bits per heavy atom. The summed E-state index contributed by atoms with van der Waals surface area (Å²) < 4.78 is 19.2. The molecule has 2 heterocycles. The van der Waals surface area contributed by atoms with Crippen LogP contribution in [0.25, 0.3) is 21.2 Å². The topological polar surface area (TPSA) is 59.4 Å². The molecule has 0 bridgehead atoms. The summed E-state index contributed by atoms with van der Waals surface area (Å²) in [6.45, 7) is 2.28. The summed E-state index contributed by atoms with van der Waals surface area (Å²) in [7, 11) is 0. The molecule has 0 aliphatic carbocycles. The van der Waals surface area contributed by atoms with Crippen molar-refractivity contribution >= 4 is 43.3 Å². The number of hydrogen-bond acceptors (Lipinski definition) is 5. The van der Waals surface area contributed by atoms with Crippen molar-refractivity contribution in [2.75, 3.05) is 6.61 Å². The van der Waals surface area contributed by atoms with Gasteiger partial charge in [0.25, 0.3) is 0 Å². The highest BCUT2D eigenvalue weighted by molar-refractivity contribution is 9.10. The van der Waals surface area contributed by atoms with Crippen LogP contribution in [0.1, 0.15) is 30.3 Å². The number of halogens is 2. The van der Waals surface area contributed by atoms with Crippen LogP contribution in [0.5, 0.6) is 5.75 Å². The maximum atomic E-state index is 13.1. The van der Waals surface area contributed by atoms with Crippen molar-refractivity contribution < 1.29 is 19.0 Å². The predicted molar refractivity (Wildman–Crippen MR) is 99.6 cm³/mol. The lowest BCUT2D eigenvalue weighted by Gasteiger charge is -2.08. The molecule has 1 aromatic carbocycles. The number of aromatic hydroxyl groups is 1. The maximum absolute atomic E-state index is 13.1. The number of carbonyl (C=O) groups is 1. The summed E-state index contributed by atoms with van der Waals surface area (Å²) in [5, 5.41) is 13.0. The fourth-order valence-electron chi connectivity index (χ4n) is 2.41. The predicted octanol–water partition coefficient (Wildman–Crippen LogP) is 5.53. The Hall–Kier alpha value is -1.99. The first-order chi connectivity index (χ1) is 12.0. The number of esters is 1. The first-order valence-electron chi connectivity index (χ1n) is 7.75. The van der Waals surface area contributed by atoms with Gasteiger partial charge in [-0.25, -0.2) is 14.2 Å². The number of ether oxygens (including phenoxy) is 1. The number of nitrogens with zero attached hydrogens (tertiary/aromatic N) is 1. The molecule has 130 valence electrons. The molecule has 7 heteroatoms. The minimum atomic E-state index is -0.648. The molecule has 0 amide bonds. The van der Waals surface area contributed by atoms with Crippen molar-refractivity contribution in [2.24, 2.45) is 0 Å². The van der Waals surface area contributed by atoms with Crippen LogP contribution in [0.4, 0.5) is 4.39 Å². The lowest BCUT2D eigenvalue weighted by molar-refractivity contribution is 0.0489. The van der Waals surface area contributed by atoms with E-state index in [0.29, 0.717) is 14.7 Å². The van der Waals surface area contributed by atoms with Crippen molar-refractivity contribution in [2.45, 2.75) is 19.8 Å². The zero-order chi connectivity index (χ0) is 18.0. The molecule has 0 aliphatic rings. The number of rotatable bonds is 5. The second-order valence-corrected chi connectivity index (χ2v) is 7.08. The second kappa shape index (κ2) is 7.49. The fraction of sp³-hybridized carbons (Fsp3) is 0.222. The van der Waals surface area contributed by atoms with E-state index < -0.39 is 5.97 Å². The average molecular weight is 424 g/mol. The van der Waals surface area contributed by atoms with Crippen LogP contribution in [0.15, 0.2) is 34.2 Å². The number of unbranched alkanes of at least 4 members (excludes halogenated alkanes) is 1. The molecule has 0 saturated carbocycles. The average Bonchev–Trinajstić information content (AvgIpc) is 3.05. The molecule has 3 aromatic rings. The molecule has 2 aromatic heterocycles. The van der Waals surface area contributed by atoms with Crippen LogP contribution in [0.2, 0.25) is 0 Å². The van der Waals surface area contributed by atoms with Gasteiger partial charge in [-0.3, -0.25) is 0 Å². The SMILES string of the molecule is CCCCOC(=O)c1nc(Br)c2c(-c3ccc(F)cc3)csc2c1O. The molecule has 0 aliphatic heterocycles. The van der Waals surface area contributed by atoms with Gasteiger partial charge >= 0.3 is 5.97 Å². The van der Waals surface area contributed by atoms with Gasteiger partial charge in [-0.1, -0.05) is 25.5 Å². The molecule has 3 rings (SSSR count). The third-order valence-corrected chi connectivity index (χ3v) is 5.29. The maximum Gasteiger partial charge on any atom is 0.360 e. The molecule has 0 fully saturated rings. The van der Waals surface area contributed by atoms with E-state index in [9.17, 15) is 14.3 Å². The van der Waals surface area contributed by atoms with Crippen LogP contribution >= 0.6 is 27.3 Å². The Morgan fingerprint density at radius 2 is 2.08 bits per heavy atom. The number of hydrogen-bond donors (Lipinski definition) is 1. The summed E-state index contributed by atoms with van der Waals surface area (Å²) in [5.74, 6) is -1.16. The largest absolute Gasteiger partial charge is 0.504 e. The second-order valence-electron chi connectivity index (χ2n) is 5.45. The number of carbonyl (C=O) groups excluding carboxylic acids is 1. The van der Waals surface area contributed by atoms with Gasteiger partial charge in [-0.05, 0) is 40.0 Å². The number of fused-ring (bicyclic) bond motifs is 1. The van der Waals surface area contributed by atoms with Gasteiger partial charge in [-0.2, -0.15) is 0 Å². The van der Waals surface area contributed by atoms with Crippen molar-refractivity contribution in [3.63, 3.8) is 0 Å². The highest BCUT2D eigenvalue weighted by atomic mass is 79.9. The van der Waals surface area contributed by atoms with E-state index in [2.05, 4.69) is 20.9 Å². The molecule has 0 unspecified atom stereocenters. The summed E-state index contributed by atoms with van der Waals surface area (Å²) >= 11 is 4.67. The lowest BCUT2D eigenvalue weighted by atomic mass is 10.1. The molecule has 0 saturated heterocycles. The van der Waals surface area contributed by atoms with Crippen LogP contribution in [-0.4, -0.2) is 22.7 Å². The van der Waals surface area contributed by atoms with Crippen molar-refractivity contribution in [3.05, 3.63) is 45.8 Å². The third-order valence-electron chi connectivity index (χ3n) is 3.73. The molecule has 0 spiro atoms. The van der Waals surface area contributed by atoms with Crippen LogP contribution < -0.4 is 0 Å². The first-order valence-corrected chi connectivity index (χ1v) is 9.43. The normalized spacial score (nSPS) is 11.0. The monoisotopic (exact) mass is 423 g/mol. The van der Waals surface area contributed by atoms with Gasteiger partial charge < -0.3 is 9.84 Å². The number of benzene rings is 1. The smallest absolute Gasteiger partial charge is 0.360 e. The Morgan fingerprint density at radius 3 is 2.76 bits per heavy atom.